The Balaban J connectivity index is 1.92. The van der Waals surface area contributed by atoms with Gasteiger partial charge < -0.3 is 10.1 Å². The van der Waals surface area contributed by atoms with Crippen LogP contribution in [-0.2, 0) is 4.74 Å². The molecule has 1 aromatic carbocycles. The van der Waals surface area contributed by atoms with Gasteiger partial charge in [0.2, 0.25) is 0 Å². The maximum atomic E-state index is 5.80. The number of nitrogens with one attached hydrogen (secondary N) is 1. The zero-order chi connectivity index (χ0) is 9.80. The Kier molecular flexibility index (Phi) is 3.27. The van der Waals surface area contributed by atoms with Crippen molar-refractivity contribution in [2.24, 2.45) is 0 Å². The van der Waals surface area contributed by atoms with E-state index in [1.54, 1.807) is 0 Å². The highest BCUT2D eigenvalue weighted by Crippen LogP contribution is 2.18. The lowest BCUT2D eigenvalue weighted by molar-refractivity contribution is 0.0343. The second-order valence-electron chi connectivity index (χ2n) is 3.51. The van der Waals surface area contributed by atoms with E-state index in [0.717, 1.165) is 23.7 Å². The van der Waals surface area contributed by atoms with Crippen LogP contribution in [0.25, 0.3) is 0 Å². The van der Waals surface area contributed by atoms with E-state index >= 15 is 0 Å². The lowest BCUT2D eigenvalue weighted by Crippen LogP contribution is -2.27. The summed E-state index contributed by atoms with van der Waals surface area (Å²) in [6.45, 7) is 0.866. The molecule has 14 heavy (non-hydrogen) atoms. The third-order valence-corrected chi connectivity index (χ3v) is 2.60. The molecule has 0 aromatic heterocycles. The van der Waals surface area contributed by atoms with Crippen molar-refractivity contribution >= 4 is 17.3 Å². The molecule has 1 fully saturated rings. The molecule has 3 heteroatoms. The van der Waals surface area contributed by atoms with Crippen molar-refractivity contribution in [3.63, 3.8) is 0 Å². The fraction of sp³-hybridized carbons (Fsp3) is 0.455. The van der Waals surface area contributed by atoms with Crippen LogP contribution in [0.4, 0.5) is 5.69 Å². The first-order chi connectivity index (χ1) is 6.84. The molecule has 2 rings (SSSR count). The molecule has 1 saturated heterocycles. The van der Waals surface area contributed by atoms with Crippen molar-refractivity contribution in [2.45, 2.75) is 25.5 Å². The first-order valence-corrected chi connectivity index (χ1v) is 5.36. The summed E-state index contributed by atoms with van der Waals surface area (Å²) >= 11 is 5.80. The monoisotopic (exact) mass is 211 g/mol. The maximum Gasteiger partial charge on any atom is 0.127 e. The van der Waals surface area contributed by atoms with Gasteiger partial charge >= 0.3 is 0 Å². The topological polar surface area (TPSA) is 21.3 Å². The standard InChI is InChI=1S/C11H14ClNO/c12-9-4-6-10(7-5-9)13-11-3-1-2-8-14-11/h4-7,11,13H,1-3,8H2. The Bertz CT molecular complexity index is 280. The second kappa shape index (κ2) is 4.67. The predicted molar refractivity (Wildman–Crippen MR) is 58.7 cm³/mol. The first kappa shape index (κ1) is 9.81. The minimum Gasteiger partial charge on any atom is -0.360 e. The van der Waals surface area contributed by atoms with Gasteiger partial charge in [-0.1, -0.05) is 11.6 Å². The molecule has 2 nitrogen and oxygen atoms in total. The number of rotatable bonds is 2. The van der Waals surface area contributed by atoms with Crippen LogP contribution < -0.4 is 5.32 Å². The summed E-state index contributed by atoms with van der Waals surface area (Å²) in [5, 5.41) is 4.09. The highest BCUT2D eigenvalue weighted by molar-refractivity contribution is 6.30. The van der Waals surface area contributed by atoms with Crippen LogP contribution in [0.3, 0.4) is 0 Å². The van der Waals surface area contributed by atoms with Gasteiger partial charge in [-0.25, -0.2) is 0 Å². The molecule has 1 N–H and O–H groups in total. The van der Waals surface area contributed by atoms with E-state index in [9.17, 15) is 0 Å². The molecule has 1 aromatic rings. The molecule has 0 aliphatic carbocycles. The van der Waals surface area contributed by atoms with Gasteiger partial charge in [-0.2, -0.15) is 0 Å². The Labute approximate surface area is 89.2 Å². The van der Waals surface area contributed by atoms with Gasteiger partial charge in [0.1, 0.15) is 6.23 Å². The largest absolute Gasteiger partial charge is 0.360 e. The molecular formula is C11H14ClNO. The molecule has 0 amide bonds. The quantitative estimate of drug-likeness (QED) is 0.811. The summed E-state index contributed by atoms with van der Waals surface area (Å²) in [5.74, 6) is 0. The zero-order valence-electron chi connectivity index (χ0n) is 8.00. The average Bonchev–Trinajstić information content (AvgIpc) is 2.23. The highest BCUT2D eigenvalue weighted by Gasteiger charge is 2.12. The van der Waals surface area contributed by atoms with E-state index in [2.05, 4.69) is 5.32 Å². The molecule has 0 radical (unpaired) electrons. The van der Waals surface area contributed by atoms with Crippen LogP contribution in [0.2, 0.25) is 5.02 Å². The Morgan fingerprint density at radius 3 is 2.64 bits per heavy atom. The molecule has 0 saturated carbocycles. The lowest BCUT2D eigenvalue weighted by atomic mass is 10.2. The third-order valence-electron chi connectivity index (χ3n) is 2.35. The minimum absolute atomic E-state index is 0.171. The van der Waals surface area contributed by atoms with E-state index in [4.69, 9.17) is 16.3 Å². The van der Waals surface area contributed by atoms with Crippen LogP contribution in [0, 0.1) is 0 Å². The fourth-order valence-corrected chi connectivity index (χ4v) is 1.71. The van der Waals surface area contributed by atoms with Gasteiger partial charge in [0.15, 0.2) is 0 Å². The van der Waals surface area contributed by atoms with Crippen molar-refractivity contribution < 1.29 is 4.74 Å². The number of hydrogen-bond donors (Lipinski definition) is 1. The van der Waals surface area contributed by atoms with Gasteiger partial charge in [0, 0.05) is 17.3 Å². The summed E-state index contributed by atoms with van der Waals surface area (Å²) in [5.41, 5.74) is 1.07. The predicted octanol–water partition coefficient (Wildman–Crippen LogP) is 3.28. The molecular weight excluding hydrogens is 198 g/mol. The molecule has 1 aliphatic heterocycles. The summed E-state index contributed by atoms with van der Waals surface area (Å²) in [6, 6.07) is 7.71. The van der Waals surface area contributed by atoms with Gasteiger partial charge in [-0.3, -0.25) is 0 Å². The summed E-state index contributed by atoms with van der Waals surface area (Å²) < 4.78 is 5.57. The summed E-state index contributed by atoms with van der Waals surface area (Å²) in [4.78, 5) is 0. The fourth-order valence-electron chi connectivity index (χ4n) is 1.59. The molecule has 76 valence electrons. The number of anilines is 1. The van der Waals surface area contributed by atoms with Gasteiger partial charge in [0.25, 0.3) is 0 Å². The van der Waals surface area contributed by atoms with Crippen molar-refractivity contribution in [1.29, 1.82) is 0 Å². The van der Waals surface area contributed by atoms with Crippen molar-refractivity contribution in [2.75, 3.05) is 11.9 Å². The van der Waals surface area contributed by atoms with Gasteiger partial charge in [0.05, 0.1) is 0 Å². The van der Waals surface area contributed by atoms with E-state index in [1.165, 1.54) is 12.8 Å². The number of halogens is 1. The Morgan fingerprint density at radius 2 is 2.00 bits per heavy atom. The average molecular weight is 212 g/mol. The zero-order valence-corrected chi connectivity index (χ0v) is 8.76. The summed E-state index contributed by atoms with van der Waals surface area (Å²) in [6.07, 6.45) is 3.68. The first-order valence-electron chi connectivity index (χ1n) is 4.98. The number of ether oxygens (including phenoxy) is 1. The van der Waals surface area contributed by atoms with Crippen molar-refractivity contribution in [3.05, 3.63) is 29.3 Å². The van der Waals surface area contributed by atoms with Crippen LogP contribution in [0.5, 0.6) is 0 Å². The maximum absolute atomic E-state index is 5.80. The number of benzene rings is 1. The Hall–Kier alpha value is -0.730. The van der Waals surface area contributed by atoms with E-state index in [-0.39, 0.29) is 6.23 Å². The SMILES string of the molecule is Clc1ccc(NC2CCCCO2)cc1. The van der Waals surface area contributed by atoms with Crippen LogP contribution in [0.1, 0.15) is 19.3 Å². The smallest absolute Gasteiger partial charge is 0.127 e. The minimum atomic E-state index is 0.171. The van der Waals surface area contributed by atoms with Crippen molar-refractivity contribution in [3.8, 4) is 0 Å². The van der Waals surface area contributed by atoms with E-state index in [0.29, 0.717) is 0 Å². The van der Waals surface area contributed by atoms with E-state index < -0.39 is 0 Å². The van der Waals surface area contributed by atoms with Gasteiger partial charge in [-0.05, 0) is 43.5 Å². The van der Waals surface area contributed by atoms with Crippen molar-refractivity contribution in [1.82, 2.24) is 0 Å². The Morgan fingerprint density at radius 1 is 1.21 bits per heavy atom. The number of hydrogen-bond acceptors (Lipinski definition) is 2. The van der Waals surface area contributed by atoms with Gasteiger partial charge in [-0.15, -0.1) is 0 Å². The lowest BCUT2D eigenvalue weighted by Gasteiger charge is -2.24. The molecule has 0 spiro atoms. The second-order valence-corrected chi connectivity index (χ2v) is 3.94. The van der Waals surface area contributed by atoms with Crippen LogP contribution in [-0.4, -0.2) is 12.8 Å². The highest BCUT2D eigenvalue weighted by atomic mass is 35.5. The molecule has 1 unspecified atom stereocenters. The molecule has 1 atom stereocenters. The van der Waals surface area contributed by atoms with Crippen LogP contribution in [0.15, 0.2) is 24.3 Å². The summed E-state index contributed by atoms with van der Waals surface area (Å²) in [7, 11) is 0. The molecule has 1 aliphatic rings. The van der Waals surface area contributed by atoms with Crippen LogP contribution >= 0.6 is 11.6 Å². The molecule has 1 heterocycles. The van der Waals surface area contributed by atoms with E-state index in [1.807, 2.05) is 24.3 Å². The normalized spacial score (nSPS) is 21.9. The molecule has 0 bridgehead atoms. The third kappa shape index (κ3) is 2.63.